The monoisotopic (exact) mass is 377 g/mol. The van der Waals surface area contributed by atoms with E-state index < -0.39 is 0 Å². The van der Waals surface area contributed by atoms with E-state index in [0.717, 1.165) is 24.8 Å². The lowest BCUT2D eigenvalue weighted by molar-refractivity contribution is 0.0736. The van der Waals surface area contributed by atoms with Gasteiger partial charge in [0.1, 0.15) is 0 Å². The summed E-state index contributed by atoms with van der Waals surface area (Å²) in [5.41, 5.74) is 1.25. The summed E-state index contributed by atoms with van der Waals surface area (Å²) < 4.78 is 1.45. The summed E-state index contributed by atoms with van der Waals surface area (Å²) in [5.74, 6) is -0.184. The van der Waals surface area contributed by atoms with Crippen LogP contribution in [0.3, 0.4) is 0 Å². The van der Waals surface area contributed by atoms with Gasteiger partial charge in [0.05, 0.1) is 11.4 Å². The zero-order valence-electron chi connectivity index (χ0n) is 16.8. The first kappa shape index (κ1) is 19.8. The number of aromatic nitrogens is 2. The topological polar surface area (TPSA) is 55.2 Å². The quantitative estimate of drug-likeness (QED) is 0.573. The fourth-order valence-electron chi connectivity index (χ4n) is 3.35. The van der Waals surface area contributed by atoms with Gasteiger partial charge in [0.2, 0.25) is 0 Å². The number of carbonyl (C=O) groups is 1. The molecule has 1 amide bonds. The highest BCUT2D eigenvalue weighted by atomic mass is 16.2. The van der Waals surface area contributed by atoms with E-state index in [1.54, 1.807) is 24.1 Å². The number of amides is 1. The van der Waals surface area contributed by atoms with Crippen molar-refractivity contribution < 1.29 is 4.79 Å². The van der Waals surface area contributed by atoms with Crippen LogP contribution in [0.5, 0.6) is 0 Å². The average molecular weight is 377 g/mol. The number of benzene rings is 2. The van der Waals surface area contributed by atoms with Crippen LogP contribution in [0, 0.1) is 0 Å². The SMILES string of the molecule is CCCCCn1nc(C(=O)N(C)C(C)c2ccccc2)c2ccccc2c1=O. The Bertz CT molecular complexity index is 1010. The molecular weight excluding hydrogens is 350 g/mol. The summed E-state index contributed by atoms with van der Waals surface area (Å²) in [6, 6.07) is 17.0. The Morgan fingerprint density at radius 1 is 1.04 bits per heavy atom. The highest BCUT2D eigenvalue weighted by Gasteiger charge is 2.23. The molecule has 1 aromatic heterocycles. The standard InChI is InChI=1S/C23H27N3O2/c1-4-5-11-16-26-22(27)20-15-10-9-14-19(20)21(24-26)23(28)25(3)17(2)18-12-7-6-8-13-18/h6-10,12-15,17H,4-5,11,16H2,1-3H3. The van der Waals surface area contributed by atoms with Crippen molar-refractivity contribution in [2.24, 2.45) is 0 Å². The second-order valence-electron chi connectivity index (χ2n) is 7.13. The van der Waals surface area contributed by atoms with Crippen LogP contribution in [-0.4, -0.2) is 27.6 Å². The zero-order chi connectivity index (χ0) is 20.1. The van der Waals surface area contributed by atoms with Gasteiger partial charge in [-0.1, -0.05) is 68.3 Å². The van der Waals surface area contributed by atoms with Gasteiger partial charge in [-0.25, -0.2) is 4.68 Å². The average Bonchev–Trinajstić information content (AvgIpc) is 2.74. The summed E-state index contributed by atoms with van der Waals surface area (Å²) in [6.07, 6.45) is 2.95. The lowest BCUT2D eigenvalue weighted by Crippen LogP contribution is -2.33. The van der Waals surface area contributed by atoms with Gasteiger partial charge in [0, 0.05) is 19.0 Å². The van der Waals surface area contributed by atoms with Gasteiger partial charge in [-0.05, 0) is 25.0 Å². The van der Waals surface area contributed by atoms with E-state index in [1.807, 2.05) is 49.4 Å². The molecule has 0 bridgehead atoms. The van der Waals surface area contributed by atoms with Crippen molar-refractivity contribution in [2.45, 2.75) is 45.7 Å². The summed E-state index contributed by atoms with van der Waals surface area (Å²) >= 11 is 0. The Balaban J connectivity index is 2.02. The summed E-state index contributed by atoms with van der Waals surface area (Å²) in [7, 11) is 1.78. The van der Waals surface area contributed by atoms with Crippen LogP contribution < -0.4 is 5.56 Å². The van der Waals surface area contributed by atoms with E-state index in [4.69, 9.17) is 0 Å². The molecule has 146 valence electrons. The van der Waals surface area contributed by atoms with Gasteiger partial charge >= 0.3 is 0 Å². The molecule has 0 radical (unpaired) electrons. The summed E-state index contributed by atoms with van der Waals surface area (Å²) in [5, 5.41) is 5.63. The van der Waals surface area contributed by atoms with E-state index in [-0.39, 0.29) is 17.5 Å². The Labute approximate surface area is 165 Å². The van der Waals surface area contributed by atoms with E-state index in [1.165, 1.54) is 4.68 Å². The predicted octanol–water partition coefficient (Wildman–Crippen LogP) is 4.42. The van der Waals surface area contributed by atoms with Crippen molar-refractivity contribution in [3.05, 3.63) is 76.2 Å². The van der Waals surface area contributed by atoms with Crippen molar-refractivity contribution in [2.75, 3.05) is 7.05 Å². The van der Waals surface area contributed by atoms with E-state index in [2.05, 4.69) is 12.0 Å². The third-order valence-electron chi connectivity index (χ3n) is 5.23. The molecule has 0 spiro atoms. The molecule has 0 aliphatic carbocycles. The molecule has 0 saturated heterocycles. The molecule has 0 aliphatic rings. The molecule has 1 atom stereocenters. The first-order chi connectivity index (χ1) is 13.5. The van der Waals surface area contributed by atoms with Crippen molar-refractivity contribution in [3.63, 3.8) is 0 Å². The number of aryl methyl sites for hydroxylation is 1. The Kier molecular flexibility index (Phi) is 6.24. The smallest absolute Gasteiger partial charge is 0.275 e. The van der Waals surface area contributed by atoms with Gasteiger partial charge in [0.25, 0.3) is 11.5 Å². The molecule has 5 heteroatoms. The largest absolute Gasteiger partial charge is 0.334 e. The van der Waals surface area contributed by atoms with Crippen LogP contribution in [0.4, 0.5) is 0 Å². The Morgan fingerprint density at radius 3 is 2.36 bits per heavy atom. The molecule has 5 nitrogen and oxygen atoms in total. The molecule has 3 aromatic rings. The van der Waals surface area contributed by atoms with Crippen molar-refractivity contribution in [1.82, 2.24) is 14.7 Å². The highest BCUT2D eigenvalue weighted by molar-refractivity contribution is 6.04. The molecule has 0 fully saturated rings. The number of hydrogen-bond acceptors (Lipinski definition) is 3. The molecule has 0 aliphatic heterocycles. The predicted molar refractivity (Wildman–Crippen MR) is 112 cm³/mol. The van der Waals surface area contributed by atoms with Crippen LogP contribution in [0.15, 0.2) is 59.4 Å². The van der Waals surface area contributed by atoms with Gasteiger partial charge in [-0.15, -0.1) is 0 Å². The number of carbonyl (C=O) groups excluding carboxylic acids is 1. The van der Waals surface area contributed by atoms with Gasteiger partial charge < -0.3 is 4.90 Å². The lowest BCUT2D eigenvalue weighted by atomic mass is 10.1. The van der Waals surface area contributed by atoms with Crippen LogP contribution >= 0.6 is 0 Å². The molecule has 2 aromatic carbocycles. The third-order valence-corrected chi connectivity index (χ3v) is 5.23. The van der Waals surface area contributed by atoms with Gasteiger partial charge in [0.15, 0.2) is 5.69 Å². The van der Waals surface area contributed by atoms with E-state index in [9.17, 15) is 9.59 Å². The van der Waals surface area contributed by atoms with Gasteiger partial charge in [-0.3, -0.25) is 9.59 Å². The minimum atomic E-state index is -0.184. The summed E-state index contributed by atoms with van der Waals surface area (Å²) in [6.45, 7) is 4.63. The molecule has 3 rings (SSSR count). The molecule has 1 unspecified atom stereocenters. The first-order valence-corrected chi connectivity index (χ1v) is 9.86. The lowest BCUT2D eigenvalue weighted by Gasteiger charge is -2.25. The van der Waals surface area contributed by atoms with Crippen LogP contribution in [0.25, 0.3) is 10.8 Å². The number of unbranched alkanes of at least 4 members (excludes halogenated alkanes) is 2. The van der Waals surface area contributed by atoms with Gasteiger partial charge in [-0.2, -0.15) is 5.10 Å². The number of hydrogen-bond donors (Lipinski definition) is 0. The molecule has 0 N–H and O–H groups in total. The summed E-state index contributed by atoms with van der Waals surface area (Å²) in [4.78, 5) is 27.8. The van der Waals surface area contributed by atoms with Crippen LogP contribution in [0.1, 0.15) is 55.2 Å². The zero-order valence-corrected chi connectivity index (χ0v) is 16.8. The second kappa shape index (κ2) is 8.83. The minimum Gasteiger partial charge on any atom is -0.334 e. The Hall–Kier alpha value is -2.95. The van der Waals surface area contributed by atoms with Crippen LogP contribution in [-0.2, 0) is 6.54 Å². The molecular formula is C23H27N3O2. The van der Waals surface area contributed by atoms with Crippen molar-refractivity contribution >= 4 is 16.7 Å². The fraction of sp³-hybridized carbons (Fsp3) is 0.348. The molecule has 1 heterocycles. The first-order valence-electron chi connectivity index (χ1n) is 9.86. The second-order valence-corrected chi connectivity index (χ2v) is 7.13. The molecule has 28 heavy (non-hydrogen) atoms. The van der Waals surface area contributed by atoms with Crippen molar-refractivity contribution in [3.8, 4) is 0 Å². The molecule has 0 saturated carbocycles. The maximum atomic E-state index is 13.3. The minimum absolute atomic E-state index is 0.102. The van der Waals surface area contributed by atoms with Crippen molar-refractivity contribution in [1.29, 1.82) is 0 Å². The number of fused-ring (bicyclic) bond motifs is 1. The third kappa shape index (κ3) is 3.98. The Morgan fingerprint density at radius 2 is 1.68 bits per heavy atom. The maximum absolute atomic E-state index is 13.3. The van der Waals surface area contributed by atoms with Crippen LogP contribution in [0.2, 0.25) is 0 Å². The van der Waals surface area contributed by atoms with E-state index >= 15 is 0 Å². The van der Waals surface area contributed by atoms with E-state index in [0.29, 0.717) is 23.0 Å². The maximum Gasteiger partial charge on any atom is 0.275 e. The number of rotatable bonds is 7. The highest BCUT2D eigenvalue weighted by Crippen LogP contribution is 2.22. The number of nitrogens with zero attached hydrogens (tertiary/aromatic N) is 3. The fourth-order valence-corrected chi connectivity index (χ4v) is 3.35. The normalized spacial score (nSPS) is 12.1.